The van der Waals surface area contributed by atoms with Crippen LogP contribution >= 0.6 is 11.6 Å². The molecule has 1 N–H and O–H groups in total. The minimum absolute atomic E-state index is 0.317. The molecule has 1 aliphatic heterocycles. The zero-order valence-corrected chi connectivity index (χ0v) is 15.1. The lowest BCUT2D eigenvalue weighted by Gasteiger charge is -2.12. The van der Waals surface area contributed by atoms with Crippen LogP contribution in [-0.4, -0.2) is 37.7 Å². The van der Waals surface area contributed by atoms with E-state index in [4.69, 9.17) is 25.8 Å². The van der Waals surface area contributed by atoms with Crippen molar-refractivity contribution < 1.29 is 23.8 Å². The molecule has 0 unspecified atom stereocenters. The first-order valence-electron chi connectivity index (χ1n) is 8.26. The molecule has 6 nitrogen and oxygen atoms in total. The van der Waals surface area contributed by atoms with Crippen molar-refractivity contribution in [2.24, 2.45) is 0 Å². The topological polar surface area (TPSA) is 73.9 Å². The van der Waals surface area contributed by atoms with Crippen LogP contribution in [0.15, 0.2) is 18.2 Å². The lowest BCUT2D eigenvalue weighted by Crippen LogP contribution is -2.35. The summed E-state index contributed by atoms with van der Waals surface area (Å²) in [6.07, 6.45) is 3.55. The Balaban J connectivity index is 1.99. The first-order chi connectivity index (χ1) is 12.0. The van der Waals surface area contributed by atoms with Crippen LogP contribution in [0.2, 0.25) is 5.02 Å². The highest BCUT2D eigenvalue weighted by Gasteiger charge is 2.17. The van der Waals surface area contributed by atoms with E-state index in [-0.39, 0.29) is 5.91 Å². The molecule has 1 aromatic rings. The van der Waals surface area contributed by atoms with Gasteiger partial charge in [0.1, 0.15) is 0 Å². The average Bonchev–Trinajstić information content (AvgIpc) is 2.83. The Labute approximate surface area is 152 Å². The Hall–Kier alpha value is -2.21. The maximum absolute atomic E-state index is 11.9. The number of rotatable bonds is 6. The van der Waals surface area contributed by atoms with Gasteiger partial charge in [-0.05, 0) is 37.1 Å². The third kappa shape index (κ3) is 5.67. The highest BCUT2D eigenvalue weighted by Crippen LogP contribution is 2.38. The summed E-state index contributed by atoms with van der Waals surface area (Å²) in [6.45, 7) is 5.11. The summed E-state index contributed by atoms with van der Waals surface area (Å²) >= 11 is 6.20. The van der Waals surface area contributed by atoms with E-state index in [9.17, 15) is 9.59 Å². The van der Waals surface area contributed by atoms with E-state index >= 15 is 0 Å². The summed E-state index contributed by atoms with van der Waals surface area (Å²) in [4.78, 5) is 23.5. The second-order valence-electron chi connectivity index (χ2n) is 5.58. The van der Waals surface area contributed by atoms with Crippen molar-refractivity contribution in [3.63, 3.8) is 0 Å². The van der Waals surface area contributed by atoms with E-state index in [1.807, 2.05) is 6.92 Å². The highest BCUT2D eigenvalue weighted by molar-refractivity contribution is 6.32. The van der Waals surface area contributed by atoms with Crippen molar-refractivity contribution in [2.45, 2.75) is 32.8 Å². The molecular formula is C18H22ClNO5. The van der Waals surface area contributed by atoms with Gasteiger partial charge in [-0.3, -0.25) is 4.79 Å². The van der Waals surface area contributed by atoms with Gasteiger partial charge in [0.15, 0.2) is 17.6 Å². The first-order valence-corrected chi connectivity index (χ1v) is 8.64. The van der Waals surface area contributed by atoms with E-state index in [0.717, 1.165) is 12.8 Å². The summed E-state index contributed by atoms with van der Waals surface area (Å²) in [5.74, 6) is 0.134. The molecule has 25 heavy (non-hydrogen) atoms. The van der Waals surface area contributed by atoms with Crippen LogP contribution in [0, 0.1) is 0 Å². The van der Waals surface area contributed by atoms with Gasteiger partial charge < -0.3 is 19.5 Å². The SMILES string of the molecule is CCCNC(=O)[C@H](C)OC(=O)/C=C/c1cc(Cl)c2c(c1)OCCCO2. The quantitative estimate of drug-likeness (QED) is 0.618. The van der Waals surface area contributed by atoms with Gasteiger partial charge >= 0.3 is 5.97 Å². The van der Waals surface area contributed by atoms with Crippen LogP contribution in [0.4, 0.5) is 0 Å². The Bertz CT molecular complexity index is 659. The number of amides is 1. The molecule has 0 aromatic heterocycles. The molecule has 2 rings (SSSR count). The molecule has 0 bridgehead atoms. The summed E-state index contributed by atoms with van der Waals surface area (Å²) in [6, 6.07) is 3.42. The predicted molar refractivity (Wildman–Crippen MR) is 94.9 cm³/mol. The van der Waals surface area contributed by atoms with Gasteiger partial charge in [-0.25, -0.2) is 4.79 Å². The summed E-state index contributed by atoms with van der Waals surface area (Å²) in [5.41, 5.74) is 0.675. The van der Waals surface area contributed by atoms with Crippen molar-refractivity contribution in [1.82, 2.24) is 5.32 Å². The second kappa shape index (κ2) is 9.32. The van der Waals surface area contributed by atoms with Crippen LogP contribution in [0.1, 0.15) is 32.3 Å². The third-order valence-corrected chi connectivity index (χ3v) is 3.73. The molecule has 136 valence electrons. The fourth-order valence-electron chi connectivity index (χ4n) is 2.17. The van der Waals surface area contributed by atoms with E-state index in [1.165, 1.54) is 13.0 Å². The fraction of sp³-hybridized carbons (Fsp3) is 0.444. The summed E-state index contributed by atoms with van der Waals surface area (Å²) < 4.78 is 16.2. The molecule has 0 radical (unpaired) electrons. The molecule has 1 aromatic carbocycles. The van der Waals surface area contributed by atoms with Crippen molar-refractivity contribution >= 4 is 29.6 Å². The average molecular weight is 368 g/mol. The second-order valence-corrected chi connectivity index (χ2v) is 5.99. The number of ether oxygens (including phenoxy) is 3. The zero-order valence-electron chi connectivity index (χ0n) is 14.3. The summed E-state index contributed by atoms with van der Waals surface area (Å²) in [5, 5.41) is 3.09. The molecule has 1 amide bonds. The van der Waals surface area contributed by atoms with Crippen LogP contribution < -0.4 is 14.8 Å². The number of hydrogen-bond acceptors (Lipinski definition) is 5. The normalized spacial score (nSPS) is 14.7. The van der Waals surface area contributed by atoms with Crippen LogP contribution in [0.3, 0.4) is 0 Å². The van der Waals surface area contributed by atoms with Gasteiger partial charge in [-0.15, -0.1) is 0 Å². The first kappa shape index (κ1) is 19.1. The molecule has 0 spiro atoms. The van der Waals surface area contributed by atoms with Gasteiger partial charge in [0.25, 0.3) is 5.91 Å². The van der Waals surface area contributed by atoms with Gasteiger partial charge in [-0.1, -0.05) is 18.5 Å². The number of halogens is 1. The maximum Gasteiger partial charge on any atom is 0.331 e. The largest absolute Gasteiger partial charge is 0.489 e. The van der Waals surface area contributed by atoms with E-state index in [1.54, 1.807) is 18.2 Å². The van der Waals surface area contributed by atoms with E-state index in [2.05, 4.69) is 5.32 Å². The molecule has 1 aliphatic rings. The molecular weight excluding hydrogens is 346 g/mol. The van der Waals surface area contributed by atoms with Gasteiger partial charge in [0.05, 0.1) is 18.2 Å². The van der Waals surface area contributed by atoms with Crippen LogP contribution in [-0.2, 0) is 14.3 Å². The Morgan fingerprint density at radius 3 is 2.88 bits per heavy atom. The molecule has 1 atom stereocenters. The monoisotopic (exact) mass is 367 g/mol. The van der Waals surface area contributed by atoms with Gasteiger partial charge in [0.2, 0.25) is 0 Å². The lowest BCUT2D eigenvalue weighted by molar-refractivity contribution is -0.150. The number of benzene rings is 1. The number of esters is 1. The molecule has 0 aliphatic carbocycles. The third-order valence-electron chi connectivity index (χ3n) is 3.45. The van der Waals surface area contributed by atoms with E-state index < -0.39 is 12.1 Å². The molecule has 0 saturated carbocycles. The minimum Gasteiger partial charge on any atom is -0.489 e. The predicted octanol–water partition coefficient (Wildman–Crippen LogP) is 2.97. The molecule has 7 heteroatoms. The molecule has 0 fully saturated rings. The van der Waals surface area contributed by atoms with E-state index in [0.29, 0.717) is 41.8 Å². The van der Waals surface area contributed by atoms with Gasteiger partial charge in [-0.2, -0.15) is 0 Å². The minimum atomic E-state index is -0.851. The lowest BCUT2D eigenvalue weighted by atomic mass is 10.2. The number of carbonyl (C=O) groups is 2. The van der Waals surface area contributed by atoms with Crippen molar-refractivity contribution in [3.05, 3.63) is 28.8 Å². The maximum atomic E-state index is 11.9. The zero-order chi connectivity index (χ0) is 18.2. The molecule has 0 saturated heterocycles. The Kier molecular flexibility index (Phi) is 7.13. The smallest absolute Gasteiger partial charge is 0.331 e. The van der Waals surface area contributed by atoms with Crippen LogP contribution in [0.25, 0.3) is 6.08 Å². The van der Waals surface area contributed by atoms with Crippen molar-refractivity contribution in [2.75, 3.05) is 19.8 Å². The number of hydrogen-bond donors (Lipinski definition) is 1. The van der Waals surface area contributed by atoms with Gasteiger partial charge in [0, 0.05) is 19.0 Å². The summed E-state index contributed by atoms with van der Waals surface area (Å²) in [7, 11) is 0. The molecule has 1 heterocycles. The number of fused-ring (bicyclic) bond motifs is 1. The standard InChI is InChI=1S/C18H22ClNO5/c1-3-7-20-18(22)12(2)25-16(21)6-5-13-10-14(19)17-15(11-13)23-8-4-9-24-17/h5-6,10-12H,3-4,7-9H2,1-2H3,(H,20,22)/b6-5+/t12-/m0/s1. The Morgan fingerprint density at radius 2 is 2.12 bits per heavy atom. The Morgan fingerprint density at radius 1 is 1.36 bits per heavy atom. The highest BCUT2D eigenvalue weighted by atomic mass is 35.5. The number of carbonyl (C=O) groups excluding carboxylic acids is 2. The number of nitrogens with one attached hydrogen (secondary N) is 1. The van der Waals surface area contributed by atoms with Crippen molar-refractivity contribution in [1.29, 1.82) is 0 Å². The van der Waals surface area contributed by atoms with Crippen LogP contribution in [0.5, 0.6) is 11.5 Å². The van der Waals surface area contributed by atoms with Crippen molar-refractivity contribution in [3.8, 4) is 11.5 Å². The fourth-order valence-corrected chi connectivity index (χ4v) is 2.44.